The molecule has 0 saturated carbocycles. The summed E-state index contributed by atoms with van der Waals surface area (Å²) in [7, 11) is 0. The summed E-state index contributed by atoms with van der Waals surface area (Å²) in [4.78, 5) is 30.6. The third kappa shape index (κ3) is 6.18. The molecule has 31 heavy (non-hydrogen) atoms. The highest BCUT2D eigenvalue weighted by Crippen LogP contribution is 2.30. The zero-order valence-electron chi connectivity index (χ0n) is 17.2. The third-order valence-electron chi connectivity index (χ3n) is 4.59. The summed E-state index contributed by atoms with van der Waals surface area (Å²) < 4.78 is 26.7. The summed E-state index contributed by atoms with van der Waals surface area (Å²) in [5.41, 5.74) is 1.95. The first-order valence-electron chi connectivity index (χ1n) is 9.93. The molecular formula is C23H23F2N3O2S. The highest BCUT2D eigenvalue weighted by Gasteiger charge is 2.22. The van der Waals surface area contributed by atoms with E-state index in [9.17, 15) is 18.4 Å². The Hall–Kier alpha value is -3.13. The molecule has 0 radical (unpaired) electrons. The second-order valence-corrected chi connectivity index (χ2v) is 8.35. The molecule has 0 bridgehead atoms. The van der Waals surface area contributed by atoms with E-state index in [0.717, 1.165) is 34.3 Å². The van der Waals surface area contributed by atoms with Crippen molar-refractivity contribution in [1.29, 1.82) is 0 Å². The van der Waals surface area contributed by atoms with Crippen molar-refractivity contribution in [2.75, 3.05) is 5.32 Å². The lowest BCUT2D eigenvalue weighted by Gasteiger charge is -2.17. The van der Waals surface area contributed by atoms with E-state index in [0.29, 0.717) is 18.0 Å². The van der Waals surface area contributed by atoms with Crippen LogP contribution in [-0.4, -0.2) is 22.8 Å². The molecule has 2 aromatic carbocycles. The van der Waals surface area contributed by atoms with E-state index in [2.05, 4.69) is 15.6 Å². The molecule has 3 aromatic rings. The summed E-state index contributed by atoms with van der Waals surface area (Å²) >= 11 is 1.36. The van der Waals surface area contributed by atoms with Crippen molar-refractivity contribution in [2.24, 2.45) is 0 Å². The fourth-order valence-corrected chi connectivity index (χ4v) is 4.05. The fourth-order valence-electron chi connectivity index (χ4n) is 3.21. The minimum Gasteiger partial charge on any atom is -0.344 e. The molecule has 2 N–H and O–H groups in total. The van der Waals surface area contributed by atoms with E-state index in [1.165, 1.54) is 11.3 Å². The van der Waals surface area contributed by atoms with Crippen LogP contribution in [0.15, 0.2) is 48.5 Å². The standard InChI is InChI=1S/C23H23F2N3O2S/c1-3-7-19(26-20(29)12-15-10-17(24)13-18(25)11-15)22(30)28-23-27-21(14(2)31-23)16-8-5-4-6-9-16/h4-6,8-11,13,19H,3,7,12H2,1-2H3,(H,26,29)(H,27,28,30)/t19-/m0/s1. The van der Waals surface area contributed by atoms with Crippen LogP contribution in [0.3, 0.4) is 0 Å². The first-order valence-corrected chi connectivity index (χ1v) is 10.8. The molecule has 5 nitrogen and oxygen atoms in total. The number of hydrogen-bond acceptors (Lipinski definition) is 4. The van der Waals surface area contributed by atoms with Crippen LogP contribution < -0.4 is 10.6 Å². The minimum atomic E-state index is -0.778. The van der Waals surface area contributed by atoms with Crippen molar-refractivity contribution in [1.82, 2.24) is 10.3 Å². The number of benzene rings is 2. The van der Waals surface area contributed by atoms with Gasteiger partial charge < -0.3 is 10.6 Å². The average Bonchev–Trinajstić information content (AvgIpc) is 3.07. The van der Waals surface area contributed by atoms with Crippen molar-refractivity contribution in [3.8, 4) is 11.3 Å². The van der Waals surface area contributed by atoms with Gasteiger partial charge in [0.2, 0.25) is 11.8 Å². The van der Waals surface area contributed by atoms with Gasteiger partial charge in [0.05, 0.1) is 12.1 Å². The van der Waals surface area contributed by atoms with Crippen molar-refractivity contribution in [3.05, 3.63) is 70.6 Å². The number of aromatic nitrogens is 1. The Labute approximate surface area is 183 Å². The number of carbonyl (C=O) groups excluding carboxylic acids is 2. The summed E-state index contributed by atoms with van der Waals surface area (Å²) in [6.45, 7) is 3.83. The molecule has 0 aliphatic heterocycles. The molecule has 0 saturated heterocycles. The van der Waals surface area contributed by atoms with Crippen LogP contribution in [0.5, 0.6) is 0 Å². The number of nitrogens with zero attached hydrogens (tertiary/aromatic N) is 1. The lowest BCUT2D eigenvalue weighted by Crippen LogP contribution is -2.44. The highest BCUT2D eigenvalue weighted by molar-refractivity contribution is 7.16. The molecule has 1 aromatic heterocycles. The van der Waals surface area contributed by atoms with Crippen molar-refractivity contribution < 1.29 is 18.4 Å². The van der Waals surface area contributed by atoms with E-state index in [1.807, 2.05) is 44.2 Å². The van der Waals surface area contributed by atoms with Gasteiger partial charge in [0.15, 0.2) is 5.13 Å². The molecular weight excluding hydrogens is 420 g/mol. The van der Waals surface area contributed by atoms with Crippen LogP contribution in [0.4, 0.5) is 13.9 Å². The Kier molecular flexibility index (Phi) is 7.46. The number of aryl methyl sites for hydroxylation is 1. The van der Waals surface area contributed by atoms with E-state index in [1.54, 1.807) is 0 Å². The molecule has 1 heterocycles. The van der Waals surface area contributed by atoms with Gasteiger partial charge in [0.25, 0.3) is 0 Å². The average molecular weight is 444 g/mol. The first-order chi connectivity index (χ1) is 14.9. The Morgan fingerprint density at radius 2 is 1.77 bits per heavy atom. The van der Waals surface area contributed by atoms with Crippen LogP contribution in [0.1, 0.15) is 30.2 Å². The fraction of sp³-hybridized carbons (Fsp3) is 0.261. The van der Waals surface area contributed by atoms with Gasteiger partial charge >= 0.3 is 0 Å². The Morgan fingerprint density at radius 1 is 1.10 bits per heavy atom. The topological polar surface area (TPSA) is 71.1 Å². The number of amides is 2. The number of anilines is 1. The maximum absolute atomic E-state index is 13.3. The predicted octanol–water partition coefficient (Wildman–Crippen LogP) is 4.86. The van der Waals surface area contributed by atoms with Gasteiger partial charge in [-0.2, -0.15) is 0 Å². The molecule has 0 unspecified atom stereocenters. The molecule has 0 fully saturated rings. The van der Waals surface area contributed by atoms with Crippen LogP contribution in [0.2, 0.25) is 0 Å². The van der Waals surface area contributed by atoms with E-state index >= 15 is 0 Å². The Balaban J connectivity index is 1.67. The first kappa shape index (κ1) is 22.6. The van der Waals surface area contributed by atoms with Crippen molar-refractivity contribution in [2.45, 2.75) is 39.2 Å². The predicted molar refractivity (Wildman–Crippen MR) is 118 cm³/mol. The van der Waals surface area contributed by atoms with E-state index < -0.39 is 23.6 Å². The van der Waals surface area contributed by atoms with Gasteiger partial charge in [-0.1, -0.05) is 43.7 Å². The third-order valence-corrected chi connectivity index (χ3v) is 5.48. The van der Waals surface area contributed by atoms with Gasteiger partial charge in [-0.05, 0) is 31.0 Å². The molecule has 3 rings (SSSR count). The largest absolute Gasteiger partial charge is 0.344 e. The van der Waals surface area contributed by atoms with E-state index in [-0.39, 0.29) is 17.9 Å². The number of hydrogen-bond donors (Lipinski definition) is 2. The molecule has 0 aliphatic rings. The smallest absolute Gasteiger partial charge is 0.248 e. The SMILES string of the molecule is CCC[C@H](NC(=O)Cc1cc(F)cc(F)c1)C(=O)Nc1nc(-c2ccccc2)c(C)s1. The molecule has 8 heteroatoms. The zero-order valence-corrected chi connectivity index (χ0v) is 18.1. The van der Waals surface area contributed by atoms with Gasteiger partial charge in [-0.15, -0.1) is 11.3 Å². The van der Waals surface area contributed by atoms with Crippen LogP contribution in [-0.2, 0) is 16.0 Å². The number of halogens is 2. The van der Waals surface area contributed by atoms with Crippen molar-refractivity contribution >= 4 is 28.3 Å². The number of nitrogens with one attached hydrogen (secondary N) is 2. The number of carbonyl (C=O) groups is 2. The normalized spacial score (nSPS) is 11.7. The number of rotatable bonds is 8. The second kappa shape index (κ2) is 10.3. The molecule has 0 aliphatic carbocycles. The molecule has 162 valence electrons. The maximum atomic E-state index is 13.3. The Bertz CT molecular complexity index is 1050. The minimum absolute atomic E-state index is 0.203. The Morgan fingerprint density at radius 3 is 2.42 bits per heavy atom. The monoisotopic (exact) mass is 443 g/mol. The van der Waals surface area contributed by atoms with Crippen LogP contribution >= 0.6 is 11.3 Å². The van der Waals surface area contributed by atoms with E-state index in [4.69, 9.17) is 0 Å². The lowest BCUT2D eigenvalue weighted by atomic mass is 10.1. The van der Waals surface area contributed by atoms with Crippen LogP contribution in [0, 0.1) is 18.6 Å². The zero-order chi connectivity index (χ0) is 22.4. The van der Waals surface area contributed by atoms with Crippen molar-refractivity contribution in [3.63, 3.8) is 0 Å². The molecule has 0 spiro atoms. The highest BCUT2D eigenvalue weighted by atomic mass is 32.1. The van der Waals surface area contributed by atoms with Gasteiger partial charge in [-0.3, -0.25) is 9.59 Å². The number of thiazole rings is 1. The van der Waals surface area contributed by atoms with Crippen LogP contribution in [0.25, 0.3) is 11.3 Å². The van der Waals surface area contributed by atoms with Gasteiger partial charge in [0.1, 0.15) is 17.7 Å². The van der Waals surface area contributed by atoms with Gasteiger partial charge in [0, 0.05) is 16.5 Å². The summed E-state index contributed by atoms with van der Waals surface area (Å²) in [5.74, 6) is -2.37. The summed E-state index contributed by atoms with van der Waals surface area (Å²) in [6, 6.07) is 11.8. The molecule has 1 atom stereocenters. The maximum Gasteiger partial charge on any atom is 0.248 e. The van der Waals surface area contributed by atoms with Gasteiger partial charge in [-0.25, -0.2) is 13.8 Å². The second-order valence-electron chi connectivity index (χ2n) is 7.14. The molecule has 2 amide bonds. The quantitative estimate of drug-likeness (QED) is 0.522. The summed E-state index contributed by atoms with van der Waals surface area (Å²) in [5, 5.41) is 5.89. The summed E-state index contributed by atoms with van der Waals surface area (Å²) in [6.07, 6.45) is 0.862. The lowest BCUT2D eigenvalue weighted by molar-refractivity contribution is -0.126.